The van der Waals surface area contributed by atoms with Crippen LogP contribution in [0.25, 0.3) is 0 Å². The van der Waals surface area contributed by atoms with E-state index in [2.05, 4.69) is 0 Å². The van der Waals surface area contributed by atoms with Crippen LogP contribution in [0.2, 0.25) is 5.02 Å². The van der Waals surface area contributed by atoms with Crippen LogP contribution in [-0.2, 0) is 0 Å². The SMILES string of the molecule is CCOc1c(F)ccc(B(O)O)c1Cl. The van der Waals surface area contributed by atoms with Crippen molar-refractivity contribution in [3.05, 3.63) is 23.0 Å². The molecule has 0 spiro atoms. The Kier molecular flexibility index (Phi) is 3.74. The fourth-order valence-corrected chi connectivity index (χ4v) is 1.33. The molecule has 0 saturated heterocycles. The molecule has 1 aromatic rings. The van der Waals surface area contributed by atoms with Crippen LogP contribution in [0.3, 0.4) is 0 Å². The predicted octanol–water partition coefficient (Wildman–Crippen LogP) is 0.558. The van der Waals surface area contributed by atoms with Crippen LogP contribution in [-0.4, -0.2) is 23.8 Å². The first-order chi connectivity index (χ1) is 6.57. The minimum Gasteiger partial charge on any atom is -0.489 e. The van der Waals surface area contributed by atoms with Crippen LogP contribution in [0, 0.1) is 5.82 Å². The molecule has 0 amide bonds. The third-order valence-corrected chi connectivity index (χ3v) is 2.04. The molecule has 0 fully saturated rings. The summed E-state index contributed by atoms with van der Waals surface area (Å²) in [7, 11) is -1.73. The molecular formula is C8H9BClFO3. The third kappa shape index (κ3) is 2.18. The number of rotatable bonds is 3. The highest BCUT2D eigenvalue weighted by molar-refractivity contribution is 6.63. The summed E-state index contributed by atoms with van der Waals surface area (Å²) in [6.07, 6.45) is 0. The number of halogens is 2. The second-order valence-electron chi connectivity index (χ2n) is 2.59. The average Bonchev–Trinajstić information content (AvgIpc) is 2.11. The summed E-state index contributed by atoms with van der Waals surface area (Å²) in [5.41, 5.74) is 0.0246. The van der Waals surface area contributed by atoms with E-state index in [-0.39, 0.29) is 22.8 Å². The van der Waals surface area contributed by atoms with Crippen molar-refractivity contribution in [1.82, 2.24) is 0 Å². The molecule has 0 aliphatic carbocycles. The summed E-state index contributed by atoms with van der Waals surface area (Å²) < 4.78 is 18.0. The van der Waals surface area contributed by atoms with Gasteiger partial charge in [-0.1, -0.05) is 17.7 Å². The summed E-state index contributed by atoms with van der Waals surface area (Å²) in [5, 5.41) is 17.7. The van der Waals surface area contributed by atoms with Gasteiger partial charge < -0.3 is 14.8 Å². The van der Waals surface area contributed by atoms with Gasteiger partial charge >= 0.3 is 7.12 Å². The molecule has 14 heavy (non-hydrogen) atoms. The van der Waals surface area contributed by atoms with Crippen LogP contribution >= 0.6 is 11.6 Å². The second-order valence-corrected chi connectivity index (χ2v) is 2.96. The van der Waals surface area contributed by atoms with Gasteiger partial charge in [0, 0.05) is 5.46 Å². The van der Waals surface area contributed by atoms with Gasteiger partial charge in [-0.05, 0) is 13.0 Å². The molecule has 1 rings (SSSR count). The van der Waals surface area contributed by atoms with E-state index in [4.69, 9.17) is 26.4 Å². The molecule has 0 heterocycles. The maximum absolute atomic E-state index is 13.1. The van der Waals surface area contributed by atoms with Crippen LogP contribution in [0.4, 0.5) is 4.39 Å². The van der Waals surface area contributed by atoms with Crippen molar-refractivity contribution in [3.8, 4) is 5.75 Å². The summed E-state index contributed by atoms with van der Waals surface area (Å²) in [4.78, 5) is 0. The first kappa shape index (κ1) is 11.3. The van der Waals surface area contributed by atoms with Crippen molar-refractivity contribution in [2.45, 2.75) is 6.92 Å². The van der Waals surface area contributed by atoms with E-state index in [0.29, 0.717) is 0 Å². The molecule has 1 aromatic carbocycles. The van der Waals surface area contributed by atoms with Crippen molar-refractivity contribution in [3.63, 3.8) is 0 Å². The lowest BCUT2D eigenvalue weighted by atomic mass is 9.80. The molecule has 0 bridgehead atoms. The Morgan fingerprint density at radius 1 is 1.50 bits per heavy atom. The highest BCUT2D eigenvalue weighted by Gasteiger charge is 2.20. The largest absolute Gasteiger partial charge is 0.490 e. The molecule has 3 nitrogen and oxygen atoms in total. The zero-order valence-corrected chi connectivity index (χ0v) is 8.25. The molecule has 0 aliphatic rings. The van der Waals surface area contributed by atoms with Crippen molar-refractivity contribution >= 4 is 24.2 Å². The van der Waals surface area contributed by atoms with Crippen molar-refractivity contribution in [1.29, 1.82) is 0 Å². The third-order valence-electron chi connectivity index (χ3n) is 1.65. The van der Waals surface area contributed by atoms with Gasteiger partial charge in [0.25, 0.3) is 0 Å². The predicted molar refractivity (Wildman–Crippen MR) is 52.4 cm³/mol. The van der Waals surface area contributed by atoms with E-state index in [1.54, 1.807) is 6.92 Å². The maximum atomic E-state index is 13.1. The van der Waals surface area contributed by atoms with Gasteiger partial charge in [-0.3, -0.25) is 0 Å². The van der Waals surface area contributed by atoms with E-state index >= 15 is 0 Å². The van der Waals surface area contributed by atoms with Gasteiger partial charge in [-0.15, -0.1) is 0 Å². The number of hydrogen-bond acceptors (Lipinski definition) is 3. The topological polar surface area (TPSA) is 49.7 Å². The molecule has 76 valence electrons. The molecular weight excluding hydrogens is 209 g/mol. The Morgan fingerprint density at radius 2 is 2.14 bits per heavy atom. The van der Waals surface area contributed by atoms with E-state index < -0.39 is 12.9 Å². The van der Waals surface area contributed by atoms with E-state index in [0.717, 1.165) is 6.07 Å². The fraction of sp³-hybridized carbons (Fsp3) is 0.250. The molecule has 0 aromatic heterocycles. The lowest BCUT2D eigenvalue weighted by molar-refractivity contribution is 0.322. The van der Waals surface area contributed by atoms with Gasteiger partial charge in [0.1, 0.15) is 0 Å². The Balaban J connectivity index is 3.19. The van der Waals surface area contributed by atoms with Crippen molar-refractivity contribution in [2.75, 3.05) is 6.61 Å². The van der Waals surface area contributed by atoms with Crippen molar-refractivity contribution in [2.24, 2.45) is 0 Å². The first-order valence-corrected chi connectivity index (χ1v) is 4.42. The van der Waals surface area contributed by atoms with E-state index in [1.165, 1.54) is 6.07 Å². The normalized spacial score (nSPS) is 10.1. The van der Waals surface area contributed by atoms with Gasteiger partial charge in [-0.2, -0.15) is 0 Å². The monoisotopic (exact) mass is 218 g/mol. The Morgan fingerprint density at radius 3 is 2.64 bits per heavy atom. The zero-order chi connectivity index (χ0) is 10.7. The van der Waals surface area contributed by atoms with Gasteiger partial charge in [0.2, 0.25) is 0 Å². The summed E-state index contributed by atoms with van der Waals surface area (Å²) in [6.45, 7) is 1.93. The Bertz CT molecular complexity index is 333. The van der Waals surface area contributed by atoms with Crippen LogP contribution in [0.15, 0.2) is 12.1 Å². The Labute approximate surface area is 86.2 Å². The smallest absolute Gasteiger partial charge is 0.489 e. The highest BCUT2D eigenvalue weighted by Crippen LogP contribution is 2.25. The molecule has 6 heteroatoms. The van der Waals surface area contributed by atoms with Crippen LogP contribution in [0.1, 0.15) is 6.92 Å². The van der Waals surface area contributed by atoms with Crippen LogP contribution < -0.4 is 10.2 Å². The lowest BCUT2D eigenvalue weighted by Crippen LogP contribution is -2.31. The average molecular weight is 218 g/mol. The van der Waals surface area contributed by atoms with Gasteiger partial charge in [0.15, 0.2) is 11.6 Å². The molecule has 0 radical (unpaired) electrons. The minimum absolute atomic E-state index is 0.0246. The lowest BCUT2D eigenvalue weighted by Gasteiger charge is -2.10. The molecule has 0 atom stereocenters. The quantitative estimate of drug-likeness (QED) is 0.729. The second kappa shape index (κ2) is 4.64. The number of hydrogen-bond donors (Lipinski definition) is 2. The van der Waals surface area contributed by atoms with Crippen molar-refractivity contribution < 1.29 is 19.2 Å². The van der Waals surface area contributed by atoms with E-state index in [1.807, 2.05) is 0 Å². The van der Waals surface area contributed by atoms with E-state index in [9.17, 15) is 4.39 Å². The molecule has 2 N–H and O–H groups in total. The highest BCUT2D eigenvalue weighted by atomic mass is 35.5. The minimum atomic E-state index is -1.73. The summed E-state index contributed by atoms with van der Waals surface area (Å²) >= 11 is 5.70. The summed E-state index contributed by atoms with van der Waals surface area (Å²) in [6, 6.07) is 2.27. The summed E-state index contributed by atoms with van der Waals surface area (Å²) in [5.74, 6) is -0.777. The van der Waals surface area contributed by atoms with Crippen LogP contribution in [0.5, 0.6) is 5.75 Å². The number of benzene rings is 1. The number of ether oxygens (including phenoxy) is 1. The molecule has 0 aliphatic heterocycles. The Hall–Kier alpha value is -0.775. The fourth-order valence-electron chi connectivity index (χ4n) is 1.02. The molecule has 0 saturated carbocycles. The molecule has 0 unspecified atom stereocenters. The zero-order valence-electron chi connectivity index (χ0n) is 7.50. The maximum Gasteiger partial charge on any atom is 0.490 e. The van der Waals surface area contributed by atoms with Gasteiger partial charge in [0.05, 0.1) is 11.6 Å². The van der Waals surface area contributed by atoms with Gasteiger partial charge in [-0.25, -0.2) is 4.39 Å². The first-order valence-electron chi connectivity index (χ1n) is 4.04. The standard InChI is InChI=1S/C8H9BClFO3/c1-2-14-8-6(11)4-3-5(7(8)10)9(12)13/h3-4,12-13H,2H2,1H3.